The second kappa shape index (κ2) is 5.19. The van der Waals surface area contributed by atoms with E-state index in [2.05, 4.69) is 10.6 Å². The minimum absolute atomic E-state index is 0.111. The first-order valence-corrected chi connectivity index (χ1v) is 6.04. The van der Waals surface area contributed by atoms with Crippen LogP contribution in [0.3, 0.4) is 0 Å². The molecule has 0 aromatic heterocycles. The first-order valence-electron chi connectivity index (χ1n) is 6.04. The van der Waals surface area contributed by atoms with E-state index in [1.807, 2.05) is 19.1 Å². The highest BCUT2D eigenvalue weighted by Crippen LogP contribution is 2.24. The molecule has 2 rings (SSSR count). The SMILES string of the molecule is CCc1ccc(O)c(NC(=O)CNC2CC2)c1. The number of phenolic OH excluding ortho intramolecular Hbond substituents is 1. The number of phenols is 1. The van der Waals surface area contributed by atoms with E-state index in [9.17, 15) is 9.90 Å². The van der Waals surface area contributed by atoms with E-state index in [1.165, 1.54) is 0 Å². The molecule has 0 spiro atoms. The summed E-state index contributed by atoms with van der Waals surface area (Å²) in [5.41, 5.74) is 1.58. The molecule has 3 N–H and O–H groups in total. The molecule has 4 nitrogen and oxygen atoms in total. The van der Waals surface area contributed by atoms with Crippen molar-refractivity contribution in [1.29, 1.82) is 0 Å². The van der Waals surface area contributed by atoms with Gasteiger partial charge in [-0.3, -0.25) is 4.79 Å². The van der Waals surface area contributed by atoms with Crippen LogP contribution in [-0.4, -0.2) is 23.6 Å². The van der Waals surface area contributed by atoms with E-state index in [1.54, 1.807) is 6.07 Å². The zero-order chi connectivity index (χ0) is 12.3. The molecule has 17 heavy (non-hydrogen) atoms. The number of carbonyl (C=O) groups is 1. The van der Waals surface area contributed by atoms with Gasteiger partial charge in [-0.15, -0.1) is 0 Å². The molecular formula is C13H18N2O2. The fraction of sp³-hybridized carbons (Fsp3) is 0.462. The molecule has 0 atom stereocenters. The third kappa shape index (κ3) is 3.46. The number of nitrogens with one attached hydrogen (secondary N) is 2. The largest absolute Gasteiger partial charge is 0.506 e. The summed E-state index contributed by atoms with van der Waals surface area (Å²) in [6.07, 6.45) is 3.19. The second-order valence-electron chi connectivity index (χ2n) is 4.41. The highest BCUT2D eigenvalue weighted by molar-refractivity contribution is 5.93. The summed E-state index contributed by atoms with van der Waals surface area (Å²) in [7, 11) is 0. The molecule has 4 heteroatoms. The van der Waals surface area contributed by atoms with Crippen LogP contribution in [0.25, 0.3) is 0 Å². The molecule has 1 amide bonds. The van der Waals surface area contributed by atoms with Crippen LogP contribution in [0.4, 0.5) is 5.69 Å². The van der Waals surface area contributed by atoms with Crippen molar-refractivity contribution in [3.63, 3.8) is 0 Å². The zero-order valence-electron chi connectivity index (χ0n) is 9.99. The number of benzene rings is 1. The minimum Gasteiger partial charge on any atom is -0.506 e. The van der Waals surface area contributed by atoms with Crippen molar-refractivity contribution in [2.75, 3.05) is 11.9 Å². The van der Waals surface area contributed by atoms with Gasteiger partial charge in [0.05, 0.1) is 12.2 Å². The number of carbonyl (C=O) groups excluding carboxylic acids is 1. The van der Waals surface area contributed by atoms with Crippen molar-refractivity contribution in [3.8, 4) is 5.75 Å². The molecule has 0 bridgehead atoms. The normalized spacial score (nSPS) is 14.6. The lowest BCUT2D eigenvalue weighted by atomic mass is 10.1. The molecule has 0 heterocycles. The van der Waals surface area contributed by atoms with Gasteiger partial charge in [0, 0.05) is 6.04 Å². The highest BCUT2D eigenvalue weighted by Gasteiger charge is 2.21. The molecule has 0 saturated heterocycles. The number of anilines is 1. The van der Waals surface area contributed by atoms with Crippen molar-refractivity contribution in [2.24, 2.45) is 0 Å². The highest BCUT2D eigenvalue weighted by atomic mass is 16.3. The smallest absolute Gasteiger partial charge is 0.238 e. The Bertz CT molecular complexity index is 414. The van der Waals surface area contributed by atoms with Gasteiger partial charge in [-0.05, 0) is 37.0 Å². The topological polar surface area (TPSA) is 61.4 Å². The average molecular weight is 234 g/mol. The Morgan fingerprint density at radius 1 is 1.47 bits per heavy atom. The molecule has 1 aromatic carbocycles. The van der Waals surface area contributed by atoms with E-state index in [0.29, 0.717) is 18.3 Å². The van der Waals surface area contributed by atoms with Crippen LogP contribution in [0.5, 0.6) is 5.75 Å². The molecule has 0 unspecified atom stereocenters. The van der Waals surface area contributed by atoms with E-state index in [4.69, 9.17) is 0 Å². The van der Waals surface area contributed by atoms with Gasteiger partial charge in [-0.25, -0.2) is 0 Å². The Morgan fingerprint density at radius 2 is 2.24 bits per heavy atom. The fourth-order valence-corrected chi connectivity index (χ4v) is 1.62. The molecule has 1 fully saturated rings. The van der Waals surface area contributed by atoms with Gasteiger partial charge in [0.1, 0.15) is 5.75 Å². The maximum Gasteiger partial charge on any atom is 0.238 e. The quantitative estimate of drug-likeness (QED) is 0.679. The van der Waals surface area contributed by atoms with Crippen LogP contribution in [0, 0.1) is 0 Å². The Labute approximate surface area is 101 Å². The maximum atomic E-state index is 11.6. The number of hydrogen-bond donors (Lipinski definition) is 3. The van der Waals surface area contributed by atoms with Gasteiger partial charge < -0.3 is 15.7 Å². The third-order valence-electron chi connectivity index (χ3n) is 2.87. The van der Waals surface area contributed by atoms with Gasteiger partial charge in [0.2, 0.25) is 5.91 Å². The Balaban J connectivity index is 1.93. The predicted molar refractivity (Wildman–Crippen MR) is 67.1 cm³/mol. The fourth-order valence-electron chi connectivity index (χ4n) is 1.62. The lowest BCUT2D eigenvalue weighted by molar-refractivity contribution is -0.115. The van der Waals surface area contributed by atoms with Crippen molar-refractivity contribution >= 4 is 11.6 Å². The van der Waals surface area contributed by atoms with Gasteiger partial charge in [0.25, 0.3) is 0 Å². The molecule has 92 valence electrons. The first-order chi connectivity index (χ1) is 8.19. The molecule has 1 aromatic rings. The van der Waals surface area contributed by atoms with Crippen molar-refractivity contribution in [3.05, 3.63) is 23.8 Å². The van der Waals surface area contributed by atoms with Gasteiger partial charge in [-0.1, -0.05) is 13.0 Å². The van der Waals surface area contributed by atoms with Crippen LogP contribution in [-0.2, 0) is 11.2 Å². The van der Waals surface area contributed by atoms with Crippen molar-refractivity contribution in [2.45, 2.75) is 32.2 Å². The number of hydrogen-bond acceptors (Lipinski definition) is 3. The van der Waals surface area contributed by atoms with Crippen LogP contribution in [0.1, 0.15) is 25.3 Å². The van der Waals surface area contributed by atoms with Crippen molar-refractivity contribution < 1.29 is 9.90 Å². The summed E-state index contributed by atoms with van der Waals surface area (Å²) >= 11 is 0. The molecule has 0 aliphatic heterocycles. The van der Waals surface area contributed by atoms with Crippen LogP contribution >= 0.6 is 0 Å². The number of aromatic hydroxyl groups is 1. The standard InChI is InChI=1S/C13H18N2O2/c1-2-9-3-6-12(16)11(7-9)15-13(17)8-14-10-4-5-10/h3,6-7,10,14,16H,2,4-5,8H2,1H3,(H,15,17). The van der Waals surface area contributed by atoms with Crippen LogP contribution in [0.15, 0.2) is 18.2 Å². The second-order valence-corrected chi connectivity index (χ2v) is 4.41. The summed E-state index contributed by atoms with van der Waals surface area (Å²) in [5, 5.41) is 15.5. The summed E-state index contributed by atoms with van der Waals surface area (Å²) in [6.45, 7) is 2.34. The summed E-state index contributed by atoms with van der Waals surface area (Å²) in [5.74, 6) is 0.00225. The summed E-state index contributed by atoms with van der Waals surface area (Å²) < 4.78 is 0. The third-order valence-corrected chi connectivity index (χ3v) is 2.87. The Morgan fingerprint density at radius 3 is 2.88 bits per heavy atom. The number of aryl methyl sites for hydroxylation is 1. The number of amides is 1. The minimum atomic E-state index is -0.111. The molecular weight excluding hydrogens is 216 g/mol. The van der Waals surface area contributed by atoms with E-state index in [-0.39, 0.29) is 11.7 Å². The van der Waals surface area contributed by atoms with Crippen LogP contribution in [0.2, 0.25) is 0 Å². The lowest BCUT2D eigenvalue weighted by Crippen LogP contribution is -2.29. The van der Waals surface area contributed by atoms with Gasteiger partial charge in [0.15, 0.2) is 0 Å². The van der Waals surface area contributed by atoms with E-state index in [0.717, 1.165) is 24.8 Å². The molecule has 1 aliphatic rings. The predicted octanol–water partition coefficient (Wildman–Crippen LogP) is 1.65. The van der Waals surface area contributed by atoms with Crippen molar-refractivity contribution in [1.82, 2.24) is 5.32 Å². The Kier molecular flexibility index (Phi) is 3.64. The lowest BCUT2D eigenvalue weighted by Gasteiger charge is -2.09. The monoisotopic (exact) mass is 234 g/mol. The summed E-state index contributed by atoms with van der Waals surface area (Å²) in [6, 6.07) is 5.79. The Hall–Kier alpha value is -1.55. The van der Waals surface area contributed by atoms with E-state index >= 15 is 0 Å². The average Bonchev–Trinajstić information content (AvgIpc) is 3.13. The van der Waals surface area contributed by atoms with E-state index < -0.39 is 0 Å². The zero-order valence-corrected chi connectivity index (χ0v) is 9.99. The maximum absolute atomic E-state index is 11.6. The number of rotatable bonds is 5. The van der Waals surface area contributed by atoms with Crippen LogP contribution < -0.4 is 10.6 Å². The van der Waals surface area contributed by atoms with Gasteiger partial charge >= 0.3 is 0 Å². The summed E-state index contributed by atoms with van der Waals surface area (Å²) in [4.78, 5) is 11.6. The molecule has 1 saturated carbocycles. The first kappa shape index (κ1) is 11.9. The molecule has 1 aliphatic carbocycles. The van der Waals surface area contributed by atoms with Gasteiger partial charge in [-0.2, -0.15) is 0 Å². The molecule has 0 radical (unpaired) electrons.